The molecule has 150 valence electrons. The Morgan fingerprint density at radius 3 is 2.11 bits per heavy atom. The summed E-state index contributed by atoms with van der Waals surface area (Å²) in [6.45, 7) is 1.34. The van der Waals surface area contributed by atoms with Crippen LogP contribution in [0.5, 0.6) is 23.0 Å². The highest BCUT2D eigenvalue weighted by Gasteiger charge is 2.17. The number of hydrogen-bond acceptors (Lipinski definition) is 7. The largest absolute Gasteiger partial charge is 0.493 e. The molecule has 0 heterocycles. The van der Waals surface area contributed by atoms with E-state index in [9.17, 15) is 14.7 Å². The zero-order chi connectivity index (χ0) is 20.7. The molecule has 2 rings (SSSR count). The smallest absolute Gasteiger partial charge is 0.310 e. The number of methoxy groups -OCH3 is 3. The summed E-state index contributed by atoms with van der Waals surface area (Å²) >= 11 is 0. The van der Waals surface area contributed by atoms with Crippen molar-refractivity contribution in [3.63, 3.8) is 0 Å². The van der Waals surface area contributed by atoms with Gasteiger partial charge in [-0.25, -0.2) is 0 Å². The van der Waals surface area contributed by atoms with E-state index in [-0.39, 0.29) is 24.3 Å². The zero-order valence-corrected chi connectivity index (χ0v) is 16.2. The lowest BCUT2D eigenvalue weighted by molar-refractivity contribution is -0.134. The Labute approximate surface area is 163 Å². The number of anilines is 1. The van der Waals surface area contributed by atoms with Crippen LogP contribution in [-0.2, 0) is 11.4 Å². The van der Waals surface area contributed by atoms with Crippen molar-refractivity contribution < 1.29 is 33.6 Å². The van der Waals surface area contributed by atoms with E-state index in [0.29, 0.717) is 28.5 Å². The van der Waals surface area contributed by atoms with E-state index in [1.807, 2.05) is 0 Å². The molecule has 0 unspecified atom stereocenters. The minimum absolute atomic E-state index is 0.145. The normalized spacial score (nSPS) is 10.2. The molecular formula is C20H23NO7. The minimum Gasteiger partial charge on any atom is -0.493 e. The summed E-state index contributed by atoms with van der Waals surface area (Å²) in [6, 6.07) is 7.66. The van der Waals surface area contributed by atoms with Crippen LogP contribution in [0.2, 0.25) is 0 Å². The van der Waals surface area contributed by atoms with Crippen molar-refractivity contribution >= 4 is 17.6 Å². The molecule has 0 radical (unpaired) electrons. The molecule has 0 atom stereocenters. The van der Waals surface area contributed by atoms with Crippen molar-refractivity contribution in [3.8, 4) is 23.0 Å². The SMILES string of the molecule is CCC(=O)Oc1cc(C(=O)Nc2cc(OC)c(OC)c(OC)c2)ccc1CO. The summed E-state index contributed by atoms with van der Waals surface area (Å²) in [5.74, 6) is 0.441. The second kappa shape index (κ2) is 9.61. The van der Waals surface area contributed by atoms with Gasteiger partial charge in [-0.3, -0.25) is 9.59 Å². The molecule has 0 spiro atoms. The van der Waals surface area contributed by atoms with Crippen molar-refractivity contribution in [1.82, 2.24) is 0 Å². The first-order valence-corrected chi connectivity index (χ1v) is 8.53. The van der Waals surface area contributed by atoms with Crippen LogP contribution in [-0.4, -0.2) is 38.3 Å². The molecule has 2 N–H and O–H groups in total. The fourth-order valence-electron chi connectivity index (χ4n) is 2.47. The van der Waals surface area contributed by atoms with E-state index < -0.39 is 11.9 Å². The third-order valence-electron chi connectivity index (χ3n) is 3.93. The molecule has 2 aromatic carbocycles. The minimum atomic E-state index is -0.461. The predicted molar refractivity (Wildman–Crippen MR) is 102 cm³/mol. The Morgan fingerprint density at radius 2 is 1.61 bits per heavy atom. The molecule has 0 aliphatic heterocycles. The molecule has 0 saturated carbocycles. The molecule has 0 aromatic heterocycles. The average Bonchev–Trinajstić information content (AvgIpc) is 2.72. The van der Waals surface area contributed by atoms with Gasteiger partial charge in [0.15, 0.2) is 11.5 Å². The van der Waals surface area contributed by atoms with Crippen LogP contribution in [0.25, 0.3) is 0 Å². The summed E-state index contributed by atoms with van der Waals surface area (Å²) in [5.41, 5.74) is 1.09. The third kappa shape index (κ3) is 4.72. The highest BCUT2D eigenvalue weighted by molar-refractivity contribution is 6.05. The number of rotatable bonds is 8. The third-order valence-corrected chi connectivity index (χ3v) is 3.93. The zero-order valence-electron chi connectivity index (χ0n) is 16.2. The number of ether oxygens (including phenoxy) is 4. The van der Waals surface area contributed by atoms with E-state index in [1.165, 1.54) is 39.5 Å². The molecule has 0 saturated heterocycles. The van der Waals surface area contributed by atoms with Crippen molar-refractivity contribution in [2.75, 3.05) is 26.6 Å². The number of carbonyl (C=O) groups excluding carboxylic acids is 2. The second-order valence-corrected chi connectivity index (χ2v) is 5.68. The lowest BCUT2D eigenvalue weighted by Gasteiger charge is -2.15. The quantitative estimate of drug-likeness (QED) is 0.528. The number of nitrogens with one attached hydrogen (secondary N) is 1. The summed E-state index contributed by atoms with van der Waals surface area (Å²) in [7, 11) is 4.44. The van der Waals surface area contributed by atoms with Gasteiger partial charge in [-0.1, -0.05) is 13.0 Å². The van der Waals surface area contributed by atoms with Crippen LogP contribution in [0.4, 0.5) is 5.69 Å². The highest BCUT2D eigenvalue weighted by atomic mass is 16.5. The molecule has 0 fully saturated rings. The van der Waals surface area contributed by atoms with Gasteiger partial charge in [0.25, 0.3) is 5.91 Å². The topological polar surface area (TPSA) is 103 Å². The van der Waals surface area contributed by atoms with Gasteiger partial charge in [0.05, 0.1) is 27.9 Å². The maximum Gasteiger partial charge on any atom is 0.310 e. The van der Waals surface area contributed by atoms with E-state index >= 15 is 0 Å². The first-order valence-electron chi connectivity index (χ1n) is 8.53. The Hall–Kier alpha value is -3.26. The Bertz CT molecular complexity index is 839. The number of amides is 1. The Balaban J connectivity index is 2.32. The maximum absolute atomic E-state index is 12.6. The fraction of sp³-hybridized carbons (Fsp3) is 0.300. The molecule has 2 aromatic rings. The van der Waals surface area contributed by atoms with Gasteiger partial charge in [0.2, 0.25) is 5.75 Å². The van der Waals surface area contributed by atoms with Gasteiger partial charge in [-0.05, 0) is 12.1 Å². The van der Waals surface area contributed by atoms with Crippen molar-refractivity contribution in [3.05, 3.63) is 41.5 Å². The Kier molecular flexibility index (Phi) is 7.22. The van der Waals surface area contributed by atoms with Crippen LogP contribution in [0.1, 0.15) is 29.3 Å². The molecule has 8 heteroatoms. The van der Waals surface area contributed by atoms with Gasteiger partial charge in [-0.2, -0.15) is 0 Å². The van der Waals surface area contributed by atoms with Crippen LogP contribution in [0.15, 0.2) is 30.3 Å². The van der Waals surface area contributed by atoms with Crippen molar-refractivity contribution in [1.29, 1.82) is 0 Å². The van der Waals surface area contributed by atoms with Crippen molar-refractivity contribution in [2.24, 2.45) is 0 Å². The summed E-state index contributed by atoms with van der Waals surface area (Å²) in [5, 5.41) is 12.1. The van der Waals surface area contributed by atoms with E-state index in [0.717, 1.165) is 0 Å². The van der Waals surface area contributed by atoms with E-state index in [4.69, 9.17) is 18.9 Å². The van der Waals surface area contributed by atoms with E-state index in [1.54, 1.807) is 19.1 Å². The number of hydrogen-bond donors (Lipinski definition) is 2. The first-order chi connectivity index (χ1) is 13.5. The molecule has 0 aliphatic rings. The Morgan fingerprint density at radius 1 is 0.964 bits per heavy atom. The van der Waals surface area contributed by atoms with E-state index in [2.05, 4.69) is 5.32 Å². The molecule has 28 heavy (non-hydrogen) atoms. The number of esters is 1. The standard InChI is InChI=1S/C20H23NO7/c1-5-18(23)28-15-8-12(6-7-13(15)11-22)20(24)21-14-9-16(25-2)19(27-4)17(10-14)26-3/h6-10,22H,5,11H2,1-4H3,(H,21,24). The lowest BCUT2D eigenvalue weighted by atomic mass is 10.1. The maximum atomic E-state index is 12.6. The van der Waals surface area contributed by atoms with Gasteiger partial charge < -0.3 is 29.4 Å². The number of aliphatic hydroxyl groups excluding tert-OH is 1. The van der Waals surface area contributed by atoms with Gasteiger partial charge in [-0.15, -0.1) is 0 Å². The van der Waals surface area contributed by atoms with Crippen LogP contribution in [0, 0.1) is 0 Å². The highest BCUT2D eigenvalue weighted by Crippen LogP contribution is 2.40. The molecule has 0 bridgehead atoms. The summed E-state index contributed by atoms with van der Waals surface area (Å²) in [4.78, 5) is 24.2. The summed E-state index contributed by atoms with van der Waals surface area (Å²) < 4.78 is 21.0. The first kappa shape index (κ1) is 21.0. The number of benzene rings is 2. The molecular weight excluding hydrogens is 366 g/mol. The summed E-state index contributed by atoms with van der Waals surface area (Å²) in [6.07, 6.45) is 0.173. The molecule has 8 nitrogen and oxygen atoms in total. The monoisotopic (exact) mass is 389 g/mol. The van der Waals surface area contributed by atoms with Gasteiger partial charge >= 0.3 is 5.97 Å². The van der Waals surface area contributed by atoms with Gasteiger partial charge in [0.1, 0.15) is 5.75 Å². The number of aliphatic hydroxyl groups is 1. The number of carbonyl (C=O) groups is 2. The van der Waals surface area contributed by atoms with Crippen LogP contribution >= 0.6 is 0 Å². The van der Waals surface area contributed by atoms with Crippen LogP contribution < -0.4 is 24.3 Å². The molecule has 0 aliphatic carbocycles. The second-order valence-electron chi connectivity index (χ2n) is 5.68. The fourth-order valence-corrected chi connectivity index (χ4v) is 2.47. The average molecular weight is 389 g/mol. The van der Waals surface area contributed by atoms with Gasteiger partial charge in [0, 0.05) is 35.4 Å². The van der Waals surface area contributed by atoms with Crippen molar-refractivity contribution in [2.45, 2.75) is 20.0 Å². The predicted octanol–water partition coefficient (Wildman–Crippen LogP) is 2.77. The van der Waals surface area contributed by atoms with Crippen LogP contribution in [0.3, 0.4) is 0 Å². The lowest BCUT2D eigenvalue weighted by Crippen LogP contribution is -2.14. The molecule has 1 amide bonds.